The molecule has 1 aromatic rings. The third-order valence-corrected chi connectivity index (χ3v) is 4.39. The largest absolute Gasteiger partial charge is 0.461 e. The normalized spacial score (nSPS) is 28.4. The van der Waals surface area contributed by atoms with Crippen molar-refractivity contribution in [3.05, 3.63) is 23.9 Å². The summed E-state index contributed by atoms with van der Waals surface area (Å²) in [5.41, 5.74) is 0.561. The zero-order valence-electron chi connectivity index (χ0n) is 12.7. The molecule has 1 aromatic heterocycles. The van der Waals surface area contributed by atoms with Crippen molar-refractivity contribution in [2.24, 2.45) is 5.92 Å². The van der Waals surface area contributed by atoms with E-state index in [9.17, 15) is 4.79 Å². The van der Waals surface area contributed by atoms with Crippen LogP contribution in [0.5, 0.6) is 0 Å². The fourth-order valence-electron chi connectivity index (χ4n) is 3.22. The van der Waals surface area contributed by atoms with E-state index in [1.165, 1.54) is 0 Å². The Labute approximate surface area is 130 Å². The van der Waals surface area contributed by atoms with Crippen molar-refractivity contribution in [3.8, 4) is 6.07 Å². The van der Waals surface area contributed by atoms with Gasteiger partial charge < -0.3 is 10.1 Å². The van der Waals surface area contributed by atoms with Gasteiger partial charge in [0, 0.05) is 25.7 Å². The van der Waals surface area contributed by atoms with Crippen LogP contribution in [0.1, 0.15) is 25.3 Å². The third kappa shape index (κ3) is 3.04. The molecule has 0 aliphatic carbocycles. The summed E-state index contributed by atoms with van der Waals surface area (Å²) in [6, 6.07) is 5.57. The van der Waals surface area contributed by atoms with Crippen molar-refractivity contribution in [3.63, 3.8) is 0 Å². The van der Waals surface area contributed by atoms with Crippen molar-refractivity contribution in [2.45, 2.75) is 31.9 Å². The van der Waals surface area contributed by atoms with Crippen molar-refractivity contribution < 1.29 is 9.53 Å². The highest BCUT2D eigenvalue weighted by Gasteiger charge is 2.39. The standard InChI is InChI=1S/C16H20N4O2/c1-11-7-14(16(21)22-11)20-6-4-12(10-20)9-19-15-13(8-17)3-2-5-18-15/h2-3,5,11-12,14H,4,6-7,9-10H2,1H3,(H,18,19)/t11-,12-,14-/m1/s1. The quantitative estimate of drug-likeness (QED) is 0.847. The second kappa shape index (κ2) is 6.32. The molecule has 0 aromatic carbocycles. The average Bonchev–Trinajstić information content (AvgIpc) is 3.11. The molecular weight excluding hydrogens is 280 g/mol. The lowest BCUT2D eigenvalue weighted by Crippen LogP contribution is -2.37. The van der Waals surface area contributed by atoms with Gasteiger partial charge in [-0.25, -0.2) is 4.98 Å². The number of nitriles is 1. The minimum absolute atomic E-state index is 0.0291. The van der Waals surface area contributed by atoms with Crippen LogP contribution in [0.25, 0.3) is 0 Å². The molecule has 0 radical (unpaired) electrons. The summed E-state index contributed by atoms with van der Waals surface area (Å²) in [7, 11) is 0. The van der Waals surface area contributed by atoms with Gasteiger partial charge in [0.1, 0.15) is 24.0 Å². The highest BCUT2D eigenvalue weighted by Crippen LogP contribution is 2.26. The van der Waals surface area contributed by atoms with E-state index in [-0.39, 0.29) is 18.1 Å². The second-order valence-electron chi connectivity index (χ2n) is 6.04. The van der Waals surface area contributed by atoms with Gasteiger partial charge in [0.25, 0.3) is 0 Å². The van der Waals surface area contributed by atoms with E-state index >= 15 is 0 Å². The summed E-state index contributed by atoms with van der Waals surface area (Å²) in [6.45, 7) is 4.51. The van der Waals surface area contributed by atoms with Crippen LogP contribution in [0, 0.1) is 17.2 Å². The Morgan fingerprint density at radius 3 is 3.18 bits per heavy atom. The number of ether oxygens (including phenoxy) is 1. The molecule has 0 saturated carbocycles. The molecule has 22 heavy (non-hydrogen) atoms. The van der Waals surface area contributed by atoms with Crippen LogP contribution in [0.3, 0.4) is 0 Å². The monoisotopic (exact) mass is 300 g/mol. The fourth-order valence-corrected chi connectivity index (χ4v) is 3.22. The first kappa shape index (κ1) is 14.8. The maximum Gasteiger partial charge on any atom is 0.323 e. The van der Waals surface area contributed by atoms with Crippen LogP contribution in [-0.2, 0) is 9.53 Å². The van der Waals surface area contributed by atoms with Crippen LogP contribution in [0.2, 0.25) is 0 Å². The molecule has 2 saturated heterocycles. The number of likely N-dealkylation sites (tertiary alicyclic amines) is 1. The maximum atomic E-state index is 11.8. The molecular formula is C16H20N4O2. The van der Waals surface area contributed by atoms with Gasteiger partial charge in [-0.1, -0.05) is 0 Å². The molecule has 6 heteroatoms. The van der Waals surface area contributed by atoms with Gasteiger partial charge in [0.05, 0.1) is 5.56 Å². The Balaban J connectivity index is 1.53. The molecule has 3 atom stereocenters. The molecule has 3 rings (SSSR count). The minimum atomic E-state index is -0.0856. The number of nitrogens with zero attached hydrogens (tertiary/aromatic N) is 3. The van der Waals surface area contributed by atoms with Gasteiger partial charge in [-0.2, -0.15) is 5.26 Å². The summed E-state index contributed by atoms with van der Waals surface area (Å²) >= 11 is 0. The Morgan fingerprint density at radius 1 is 1.59 bits per heavy atom. The van der Waals surface area contributed by atoms with Crippen molar-refractivity contribution in [2.75, 3.05) is 25.0 Å². The molecule has 3 heterocycles. The van der Waals surface area contributed by atoms with Crippen LogP contribution >= 0.6 is 0 Å². The van der Waals surface area contributed by atoms with Gasteiger partial charge in [-0.05, 0) is 37.9 Å². The Hall–Kier alpha value is -2.13. The van der Waals surface area contributed by atoms with E-state index < -0.39 is 0 Å². The molecule has 2 aliphatic heterocycles. The highest BCUT2D eigenvalue weighted by molar-refractivity contribution is 5.78. The van der Waals surface area contributed by atoms with E-state index in [4.69, 9.17) is 10.00 Å². The van der Waals surface area contributed by atoms with E-state index in [2.05, 4.69) is 21.3 Å². The van der Waals surface area contributed by atoms with Gasteiger partial charge in [-0.3, -0.25) is 9.69 Å². The smallest absolute Gasteiger partial charge is 0.323 e. The number of hydrogen-bond acceptors (Lipinski definition) is 6. The SMILES string of the molecule is C[C@@H]1C[C@@H](N2CC[C@H](CNc3ncccc3C#N)C2)C(=O)O1. The fraction of sp³-hybridized carbons (Fsp3) is 0.562. The lowest BCUT2D eigenvalue weighted by molar-refractivity contribution is -0.144. The number of pyridine rings is 1. The lowest BCUT2D eigenvalue weighted by atomic mass is 10.1. The predicted octanol–water partition coefficient (Wildman–Crippen LogP) is 1.39. The van der Waals surface area contributed by atoms with Crippen molar-refractivity contribution in [1.29, 1.82) is 5.26 Å². The first-order valence-corrected chi connectivity index (χ1v) is 7.71. The van der Waals surface area contributed by atoms with Crippen molar-refractivity contribution in [1.82, 2.24) is 9.88 Å². The number of nitrogens with one attached hydrogen (secondary N) is 1. The maximum absolute atomic E-state index is 11.8. The zero-order chi connectivity index (χ0) is 15.5. The Bertz CT molecular complexity index is 598. The Morgan fingerprint density at radius 2 is 2.45 bits per heavy atom. The lowest BCUT2D eigenvalue weighted by Gasteiger charge is -2.20. The van der Waals surface area contributed by atoms with Gasteiger partial charge in [0.2, 0.25) is 0 Å². The number of esters is 1. The molecule has 0 spiro atoms. The second-order valence-corrected chi connectivity index (χ2v) is 6.04. The summed E-state index contributed by atoms with van der Waals surface area (Å²) < 4.78 is 5.24. The highest BCUT2D eigenvalue weighted by atomic mass is 16.6. The van der Waals surface area contributed by atoms with E-state index in [0.717, 1.165) is 32.5 Å². The van der Waals surface area contributed by atoms with Crippen LogP contribution in [0.4, 0.5) is 5.82 Å². The minimum Gasteiger partial charge on any atom is -0.461 e. The van der Waals surface area contributed by atoms with Gasteiger partial charge >= 0.3 is 5.97 Å². The van der Waals surface area contributed by atoms with Crippen molar-refractivity contribution >= 4 is 11.8 Å². The van der Waals surface area contributed by atoms with Crippen LogP contribution in [0.15, 0.2) is 18.3 Å². The zero-order valence-corrected chi connectivity index (χ0v) is 12.7. The number of anilines is 1. The van der Waals surface area contributed by atoms with Gasteiger partial charge in [0.15, 0.2) is 0 Å². The number of aromatic nitrogens is 1. The van der Waals surface area contributed by atoms with E-state index in [1.807, 2.05) is 6.92 Å². The molecule has 2 aliphatic rings. The molecule has 2 fully saturated rings. The molecule has 116 valence electrons. The first-order chi connectivity index (χ1) is 10.7. The molecule has 0 unspecified atom stereocenters. The number of carbonyl (C=O) groups is 1. The summed E-state index contributed by atoms with van der Waals surface area (Å²) in [5.74, 6) is 1.01. The summed E-state index contributed by atoms with van der Waals surface area (Å²) in [4.78, 5) is 18.2. The molecule has 0 bridgehead atoms. The molecule has 0 amide bonds. The van der Waals surface area contributed by atoms with Gasteiger partial charge in [-0.15, -0.1) is 0 Å². The third-order valence-electron chi connectivity index (χ3n) is 4.39. The number of carbonyl (C=O) groups excluding carboxylic acids is 1. The molecule has 6 nitrogen and oxygen atoms in total. The average molecular weight is 300 g/mol. The summed E-state index contributed by atoms with van der Waals surface area (Å²) in [6.07, 6.45) is 3.54. The molecule has 1 N–H and O–H groups in total. The number of hydrogen-bond donors (Lipinski definition) is 1. The summed E-state index contributed by atoms with van der Waals surface area (Å²) in [5, 5.41) is 12.3. The van der Waals surface area contributed by atoms with Crippen LogP contribution in [-0.4, -0.2) is 47.6 Å². The number of cyclic esters (lactones) is 1. The first-order valence-electron chi connectivity index (χ1n) is 7.71. The van der Waals surface area contributed by atoms with Crippen LogP contribution < -0.4 is 5.32 Å². The number of rotatable bonds is 4. The Kier molecular flexibility index (Phi) is 4.25. The van der Waals surface area contributed by atoms with E-state index in [1.54, 1.807) is 18.3 Å². The van der Waals surface area contributed by atoms with E-state index in [0.29, 0.717) is 17.3 Å². The topological polar surface area (TPSA) is 78.3 Å². The predicted molar refractivity (Wildman–Crippen MR) is 81.1 cm³/mol.